The second-order valence-electron chi connectivity index (χ2n) is 4.42. The Hall–Kier alpha value is -0.300. The Morgan fingerprint density at radius 2 is 1.92 bits per heavy atom. The number of rotatable bonds is 7. The van der Waals surface area contributed by atoms with Crippen LogP contribution in [0, 0.1) is 5.92 Å². The van der Waals surface area contributed by atoms with Gasteiger partial charge in [-0.2, -0.15) is 0 Å². The van der Waals surface area contributed by atoms with E-state index < -0.39 is 0 Å². The van der Waals surface area contributed by atoms with Crippen LogP contribution in [0.25, 0.3) is 0 Å². The molecule has 0 atom stereocenters. The fraction of sp³-hybridized carbons (Fsp3) is 0.833. The van der Waals surface area contributed by atoms with Gasteiger partial charge in [-0.05, 0) is 38.8 Å². The summed E-state index contributed by atoms with van der Waals surface area (Å²) in [5.74, 6) is 0.810. The van der Waals surface area contributed by atoms with Gasteiger partial charge in [-0.3, -0.25) is 4.90 Å². The molecule has 0 saturated heterocycles. The van der Waals surface area contributed by atoms with Crippen LogP contribution in [0.2, 0.25) is 0 Å². The molecule has 0 rings (SSSR count). The maximum Gasteiger partial charge on any atom is 0.0187 e. The Labute approximate surface area is 83.8 Å². The lowest BCUT2D eigenvalue weighted by Gasteiger charge is -2.22. The van der Waals surface area contributed by atoms with Crippen LogP contribution in [0.15, 0.2) is 12.2 Å². The van der Waals surface area contributed by atoms with E-state index in [0.717, 1.165) is 12.5 Å². The average molecular weight is 183 g/mol. The summed E-state index contributed by atoms with van der Waals surface area (Å²) in [5, 5.41) is 0. The highest BCUT2D eigenvalue weighted by atomic mass is 15.1. The van der Waals surface area contributed by atoms with Crippen molar-refractivity contribution in [3.63, 3.8) is 0 Å². The quantitative estimate of drug-likeness (QED) is 0.547. The first kappa shape index (κ1) is 12.7. The summed E-state index contributed by atoms with van der Waals surface area (Å²) in [6.45, 7) is 16.4. The van der Waals surface area contributed by atoms with Crippen molar-refractivity contribution in [1.29, 1.82) is 0 Å². The molecular formula is C12H25N. The van der Waals surface area contributed by atoms with Gasteiger partial charge in [-0.25, -0.2) is 0 Å². The van der Waals surface area contributed by atoms with E-state index in [1.165, 1.54) is 31.5 Å². The molecule has 1 heteroatoms. The second kappa shape index (κ2) is 7.14. The van der Waals surface area contributed by atoms with Crippen molar-refractivity contribution in [2.45, 2.75) is 40.5 Å². The minimum Gasteiger partial charge on any atom is -0.299 e. The SMILES string of the molecule is C=C(C)CN(CCC)CCC(C)C. The predicted octanol–water partition coefficient (Wildman–Crippen LogP) is 3.32. The van der Waals surface area contributed by atoms with Crippen molar-refractivity contribution in [2.75, 3.05) is 19.6 Å². The molecule has 1 nitrogen and oxygen atoms in total. The summed E-state index contributed by atoms with van der Waals surface area (Å²) >= 11 is 0. The largest absolute Gasteiger partial charge is 0.299 e. The van der Waals surface area contributed by atoms with Gasteiger partial charge >= 0.3 is 0 Å². The van der Waals surface area contributed by atoms with Gasteiger partial charge in [-0.15, -0.1) is 0 Å². The Morgan fingerprint density at radius 1 is 1.31 bits per heavy atom. The summed E-state index contributed by atoms with van der Waals surface area (Å²) in [4.78, 5) is 2.50. The van der Waals surface area contributed by atoms with E-state index in [0.29, 0.717) is 0 Å². The summed E-state index contributed by atoms with van der Waals surface area (Å²) < 4.78 is 0. The molecule has 78 valence electrons. The van der Waals surface area contributed by atoms with Crippen molar-refractivity contribution in [3.05, 3.63) is 12.2 Å². The van der Waals surface area contributed by atoms with Crippen LogP contribution in [0.1, 0.15) is 40.5 Å². The third kappa shape index (κ3) is 8.04. The molecule has 0 aromatic heterocycles. The normalized spacial score (nSPS) is 11.2. The molecule has 0 aliphatic heterocycles. The lowest BCUT2D eigenvalue weighted by molar-refractivity contribution is 0.278. The highest BCUT2D eigenvalue weighted by Gasteiger charge is 2.04. The maximum absolute atomic E-state index is 3.96. The summed E-state index contributed by atoms with van der Waals surface area (Å²) in [7, 11) is 0. The highest BCUT2D eigenvalue weighted by molar-refractivity contribution is 4.91. The predicted molar refractivity (Wildman–Crippen MR) is 61.0 cm³/mol. The van der Waals surface area contributed by atoms with Crippen molar-refractivity contribution >= 4 is 0 Å². The average Bonchev–Trinajstić information content (AvgIpc) is 1.99. The zero-order valence-corrected chi connectivity index (χ0v) is 9.77. The number of nitrogens with zero attached hydrogens (tertiary/aromatic N) is 1. The van der Waals surface area contributed by atoms with Crippen LogP contribution in [-0.4, -0.2) is 24.5 Å². The summed E-state index contributed by atoms with van der Waals surface area (Å²) in [6.07, 6.45) is 2.54. The van der Waals surface area contributed by atoms with Crippen LogP contribution in [0.5, 0.6) is 0 Å². The molecule has 0 fully saturated rings. The fourth-order valence-electron chi connectivity index (χ4n) is 1.41. The van der Waals surface area contributed by atoms with E-state index in [9.17, 15) is 0 Å². The van der Waals surface area contributed by atoms with Crippen molar-refractivity contribution in [2.24, 2.45) is 5.92 Å². The van der Waals surface area contributed by atoms with Gasteiger partial charge in [0.2, 0.25) is 0 Å². The monoisotopic (exact) mass is 183 g/mol. The standard InChI is InChI=1S/C12H25N/c1-6-8-13(10-12(4)5)9-7-11(2)3/h11H,4,6-10H2,1-3,5H3. The Kier molecular flexibility index (Phi) is 6.97. The highest BCUT2D eigenvalue weighted by Crippen LogP contribution is 2.04. The van der Waals surface area contributed by atoms with Gasteiger partial charge < -0.3 is 0 Å². The Bertz CT molecular complexity index is 138. The van der Waals surface area contributed by atoms with Gasteiger partial charge in [0.25, 0.3) is 0 Å². The van der Waals surface area contributed by atoms with Crippen molar-refractivity contribution in [1.82, 2.24) is 4.90 Å². The van der Waals surface area contributed by atoms with Crippen molar-refractivity contribution in [3.8, 4) is 0 Å². The first-order valence-corrected chi connectivity index (χ1v) is 5.43. The lowest BCUT2D eigenvalue weighted by Crippen LogP contribution is -2.28. The van der Waals surface area contributed by atoms with Crippen LogP contribution in [0.4, 0.5) is 0 Å². The molecule has 0 heterocycles. The Morgan fingerprint density at radius 3 is 2.31 bits per heavy atom. The molecular weight excluding hydrogens is 158 g/mol. The van der Waals surface area contributed by atoms with E-state index in [1.807, 2.05) is 0 Å². The molecule has 0 radical (unpaired) electrons. The van der Waals surface area contributed by atoms with Crippen LogP contribution in [-0.2, 0) is 0 Å². The first-order chi connectivity index (χ1) is 6.06. The number of hydrogen-bond acceptors (Lipinski definition) is 1. The molecule has 0 bridgehead atoms. The van der Waals surface area contributed by atoms with Gasteiger partial charge in [0.05, 0.1) is 0 Å². The molecule has 0 N–H and O–H groups in total. The van der Waals surface area contributed by atoms with Gasteiger partial charge in [0.15, 0.2) is 0 Å². The molecule has 0 aromatic rings. The molecule has 0 amide bonds. The number of hydrogen-bond donors (Lipinski definition) is 0. The van der Waals surface area contributed by atoms with Crippen LogP contribution in [0.3, 0.4) is 0 Å². The van der Waals surface area contributed by atoms with E-state index in [-0.39, 0.29) is 0 Å². The van der Waals surface area contributed by atoms with Gasteiger partial charge in [-0.1, -0.05) is 32.9 Å². The van der Waals surface area contributed by atoms with Gasteiger partial charge in [0, 0.05) is 6.54 Å². The van der Waals surface area contributed by atoms with E-state index in [2.05, 4.69) is 39.2 Å². The van der Waals surface area contributed by atoms with Crippen LogP contribution >= 0.6 is 0 Å². The molecule has 0 aliphatic rings. The summed E-state index contributed by atoms with van der Waals surface area (Å²) in [5.41, 5.74) is 1.28. The first-order valence-electron chi connectivity index (χ1n) is 5.43. The second-order valence-corrected chi connectivity index (χ2v) is 4.42. The minimum atomic E-state index is 0.810. The van der Waals surface area contributed by atoms with E-state index >= 15 is 0 Å². The third-order valence-electron chi connectivity index (χ3n) is 2.06. The smallest absolute Gasteiger partial charge is 0.0187 e. The topological polar surface area (TPSA) is 3.24 Å². The van der Waals surface area contributed by atoms with Crippen molar-refractivity contribution < 1.29 is 0 Å². The summed E-state index contributed by atoms with van der Waals surface area (Å²) in [6, 6.07) is 0. The zero-order valence-electron chi connectivity index (χ0n) is 9.77. The molecule has 0 aromatic carbocycles. The van der Waals surface area contributed by atoms with Crippen LogP contribution < -0.4 is 0 Å². The lowest BCUT2D eigenvalue weighted by atomic mass is 10.1. The zero-order chi connectivity index (χ0) is 10.3. The van der Waals surface area contributed by atoms with E-state index in [4.69, 9.17) is 0 Å². The Balaban J connectivity index is 3.72. The fourth-order valence-corrected chi connectivity index (χ4v) is 1.41. The van der Waals surface area contributed by atoms with E-state index in [1.54, 1.807) is 0 Å². The maximum atomic E-state index is 3.96. The molecule has 0 aliphatic carbocycles. The molecule has 13 heavy (non-hydrogen) atoms. The molecule has 0 unspecified atom stereocenters. The third-order valence-corrected chi connectivity index (χ3v) is 2.06. The minimum absolute atomic E-state index is 0.810. The molecule has 0 spiro atoms. The molecule has 0 saturated carbocycles. The van der Waals surface area contributed by atoms with Gasteiger partial charge in [0.1, 0.15) is 0 Å².